The van der Waals surface area contributed by atoms with E-state index >= 15 is 0 Å². The quantitative estimate of drug-likeness (QED) is 0.847. The molecule has 5 nitrogen and oxygen atoms in total. The van der Waals surface area contributed by atoms with Crippen LogP contribution in [0.1, 0.15) is 18.4 Å². The zero-order valence-corrected chi connectivity index (χ0v) is 14.1. The summed E-state index contributed by atoms with van der Waals surface area (Å²) in [5.74, 6) is -1.66. The molecule has 0 bridgehead atoms. The molecule has 1 unspecified atom stereocenters. The first-order chi connectivity index (χ1) is 12.1. The number of aliphatic carboxylic acids is 1. The summed E-state index contributed by atoms with van der Waals surface area (Å²) < 4.78 is 5.26. The molecule has 5 heteroatoms. The topological polar surface area (TPSA) is 75.6 Å². The van der Waals surface area contributed by atoms with Gasteiger partial charge in [-0.3, -0.25) is 9.59 Å². The monoisotopic (exact) mass is 341 g/mol. The molecule has 1 saturated heterocycles. The fourth-order valence-electron chi connectivity index (χ4n) is 3.31. The minimum atomic E-state index is -0.889. The highest BCUT2D eigenvalue weighted by molar-refractivity contribution is 5.86. The molecule has 1 aliphatic heterocycles. The zero-order valence-electron chi connectivity index (χ0n) is 14.1. The average molecular weight is 341 g/mol. The number of carboxylic acid groups (broad SMARTS) is 1. The van der Waals surface area contributed by atoms with Crippen LogP contribution in [-0.4, -0.2) is 36.7 Å². The van der Waals surface area contributed by atoms with Gasteiger partial charge in [-0.2, -0.15) is 0 Å². The van der Waals surface area contributed by atoms with E-state index in [-0.39, 0.29) is 18.4 Å². The van der Waals surface area contributed by atoms with Crippen LogP contribution in [0, 0.1) is 11.8 Å². The fourth-order valence-corrected chi connectivity index (χ4v) is 3.31. The number of hydrogen-bond donors (Lipinski definition) is 2. The molecule has 0 aliphatic carbocycles. The minimum absolute atomic E-state index is 0.0625. The minimum Gasteiger partial charge on any atom is -0.481 e. The highest BCUT2D eigenvalue weighted by Gasteiger charge is 2.24. The lowest BCUT2D eigenvalue weighted by Crippen LogP contribution is -2.39. The molecule has 25 heavy (non-hydrogen) atoms. The molecule has 132 valence electrons. The maximum Gasteiger partial charge on any atom is 0.308 e. The molecule has 1 atom stereocenters. The number of fused-ring (bicyclic) bond motifs is 1. The van der Waals surface area contributed by atoms with Crippen LogP contribution in [-0.2, 0) is 20.7 Å². The van der Waals surface area contributed by atoms with Crippen LogP contribution >= 0.6 is 0 Å². The molecule has 0 saturated carbocycles. The number of carbonyl (C=O) groups excluding carboxylic acids is 1. The molecule has 2 aromatic carbocycles. The highest BCUT2D eigenvalue weighted by Crippen LogP contribution is 2.21. The Balaban J connectivity index is 1.67. The second-order valence-corrected chi connectivity index (χ2v) is 6.51. The van der Waals surface area contributed by atoms with Crippen LogP contribution in [0.4, 0.5) is 0 Å². The van der Waals surface area contributed by atoms with Gasteiger partial charge in [-0.15, -0.1) is 0 Å². The van der Waals surface area contributed by atoms with Gasteiger partial charge in [-0.1, -0.05) is 42.5 Å². The van der Waals surface area contributed by atoms with Gasteiger partial charge in [0.1, 0.15) is 0 Å². The van der Waals surface area contributed by atoms with E-state index < -0.39 is 11.9 Å². The Morgan fingerprint density at radius 2 is 1.84 bits per heavy atom. The summed E-state index contributed by atoms with van der Waals surface area (Å²) in [6, 6.07) is 13.9. The van der Waals surface area contributed by atoms with Gasteiger partial charge >= 0.3 is 5.97 Å². The Kier molecular flexibility index (Phi) is 5.66. The summed E-state index contributed by atoms with van der Waals surface area (Å²) >= 11 is 0. The van der Waals surface area contributed by atoms with Crippen LogP contribution in [0.15, 0.2) is 42.5 Å². The van der Waals surface area contributed by atoms with Crippen molar-refractivity contribution in [2.24, 2.45) is 11.8 Å². The largest absolute Gasteiger partial charge is 0.481 e. The van der Waals surface area contributed by atoms with Gasteiger partial charge in [0.25, 0.3) is 0 Å². The number of ether oxygens (including phenoxy) is 1. The number of rotatable bonds is 6. The number of carboxylic acids is 1. The summed E-state index contributed by atoms with van der Waals surface area (Å²) in [6.45, 7) is 1.33. The first-order valence-corrected chi connectivity index (χ1v) is 8.70. The first kappa shape index (κ1) is 17.4. The second-order valence-electron chi connectivity index (χ2n) is 6.51. The number of amides is 1. The van der Waals surface area contributed by atoms with E-state index in [0.29, 0.717) is 32.5 Å². The van der Waals surface area contributed by atoms with Gasteiger partial charge in [0.2, 0.25) is 5.91 Å². The number of nitrogens with one attached hydrogen (secondary N) is 1. The number of carbonyl (C=O) groups is 2. The lowest BCUT2D eigenvalue weighted by Gasteiger charge is -2.22. The lowest BCUT2D eigenvalue weighted by atomic mass is 9.94. The summed E-state index contributed by atoms with van der Waals surface area (Å²) in [5.41, 5.74) is 0.991. The van der Waals surface area contributed by atoms with E-state index in [1.54, 1.807) is 0 Å². The molecule has 1 aliphatic rings. The molecular formula is C20H23NO4. The Labute approximate surface area is 147 Å². The Morgan fingerprint density at radius 3 is 2.60 bits per heavy atom. The number of benzene rings is 2. The van der Waals surface area contributed by atoms with Crippen LogP contribution in [0.5, 0.6) is 0 Å². The van der Waals surface area contributed by atoms with Crippen LogP contribution in [0.3, 0.4) is 0 Å². The fraction of sp³-hybridized carbons (Fsp3) is 0.400. The third-order valence-corrected chi connectivity index (χ3v) is 4.81. The molecule has 1 amide bonds. The zero-order chi connectivity index (χ0) is 17.6. The van der Waals surface area contributed by atoms with Crippen LogP contribution < -0.4 is 5.32 Å². The second kappa shape index (κ2) is 8.12. The Bertz CT molecular complexity index is 747. The van der Waals surface area contributed by atoms with Gasteiger partial charge in [-0.25, -0.2) is 0 Å². The van der Waals surface area contributed by atoms with E-state index in [1.807, 2.05) is 42.5 Å². The van der Waals surface area contributed by atoms with Gasteiger partial charge in [0, 0.05) is 25.7 Å². The van der Waals surface area contributed by atoms with Crippen molar-refractivity contribution in [3.63, 3.8) is 0 Å². The molecular weight excluding hydrogens is 318 g/mol. The van der Waals surface area contributed by atoms with Crippen molar-refractivity contribution in [2.75, 3.05) is 19.8 Å². The van der Waals surface area contributed by atoms with E-state index in [2.05, 4.69) is 5.32 Å². The summed E-state index contributed by atoms with van der Waals surface area (Å²) in [7, 11) is 0. The number of hydrogen-bond acceptors (Lipinski definition) is 3. The smallest absolute Gasteiger partial charge is 0.308 e. The van der Waals surface area contributed by atoms with Crippen molar-refractivity contribution < 1.29 is 19.4 Å². The Morgan fingerprint density at radius 1 is 1.12 bits per heavy atom. The van der Waals surface area contributed by atoms with Gasteiger partial charge in [0.15, 0.2) is 0 Å². The highest BCUT2D eigenvalue weighted by atomic mass is 16.5. The molecule has 0 radical (unpaired) electrons. The van der Waals surface area contributed by atoms with E-state index in [4.69, 9.17) is 4.74 Å². The standard InChI is InChI=1S/C20H23NO4/c22-19(15-8-10-25-11-9-15)21-13-17(20(23)24)12-16-6-3-5-14-4-1-2-7-18(14)16/h1-7,15,17H,8-13H2,(H,21,22)(H,23,24). The van der Waals surface area contributed by atoms with Gasteiger partial charge in [-0.05, 0) is 35.6 Å². The van der Waals surface area contributed by atoms with Crippen molar-refractivity contribution in [2.45, 2.75) is 19.3 Å². The summed E-state index contributed by atoms with van der Waals surface area (Å²) in [6.07, 6.45) is 1.80. The molecule has 0 aromatic heterocycles. The van der Waals surface area contributed by atoms with Crippen LogP contribution in [0.2, 0.25) is 0 Å². The van der Waals surface area contributed by atoms with E-state index in [9.17, 15) is 14.7 Å². The van der Waals surface area contributed by atoms with E-state index in [0.717, 1.165) is 16.3 Å². The Hall–Kier alpha value is -2.40. The van der Waals surface area contributed by atoms with Gasteiger partial charge in [0.05, 0.1) is 5.92 Å². The molecule has 3 rings (SSSR count). The van der Waals surface area contributed by atoms with Crippen molar-refractivity contribution in [1.82, 2.24) is 5.32 Å². The average Bonchev–Trinajstić information content (AvgIpc) is 2.65. The predicted octanol–water partition coefficient (Wildman–Crippen LogP) is 2.63. The van der Waals surface area contributed by atoms with Crippen molar-refractivity contribution in [3.05, 3.63) is 48.0 Å². The molecule has 1 heterocycles. The SMILES string of the molecule is O=C(O)C(CNC(=O)C1CCOCC1)Cc1cccc2ccccc12. The predicted molar refractivity (Wildman–Crippen MR) is 95.3 cm³/mol. The summed E-state index contributed by atoms with van der Waals surface area (Å²) in [4.78, 5) is 23.9. The molecule has 1 fully saturated rings. The van der Waals surface area contributed by atoms with Gasteiger partial charge < -0.3 is 15.2 Å². The van der Waals surface area contributed by atoms with Crippen molar-refractivity contribution in [3.8, 4) is 0 Å². The maximum absolute atomic E-state index is 12.2. The summed E-state index contributed by atoms with van der Waals surface area (Å²) in [5, 5.41) is 14.5. The molecule has 0 spiro atoms. The molecule has 2 N–H and O–H groups in total. The van der Waals surface area contributed by atoms with E-state index in [1.165, 1.54) is 0 Å². The first-order valence-electron chi connectivity index (χ1n) is 8.70. The third-order valence-electron chi connectivity index (χ3n) is 4.81. The molecule has 2 aromatic rings. The van der Waals surface area contributed by atoms with Crippen molar-refractivity contribution >= 4 is 22.6 Å². The third kappa shape index (κ3) is 4.37. The lowest BCUT2D eigenvalue weighted by molar-refractivity contribution is -0.141. The maximum atomic E-state index is 12.2. The normalized spacial score (nSPS) is 16.5. The van der Waals surface area contributed by atoms with Crippen LogP contribution in [0.25, 0.3) is 10.8 Å². The van der Waals surface area contributed by atoms with Crippen molar-refractivity contribution in [1.29, 1.82) is 0 Å².